The van der Waals surface area contributed by atoms with Gasteiger partial charge in [0.25, 0.3) is 5.56 Å². The summed E-state index contributed by atoms with van der Waals surface area (Å²) in [6.07, 6.45) is 6.68. The average Bonchev–Trinajstić information content (AvgIpc) is 3.44. The minimum Gasteiger partial charge on any atom is -0.343 e. The summed E-state index contributed by atoms with van der Waals surface area (Å²) < 4.78 is 6.49. The van der Waals surface area contributed by atoms with Gasteiger partial charge in [-0.2, -0.15) is 0 Å². The fourth-order valence-corrected chi connectivity index (χ4v) is 5.53. The molecule has 0 spiro atoms. The largest absolute Gasteiger partial charge is 0.439 e. The first-order chi connectivity index (χ1) is 19.9. The third kappa shape index (κ3) is 6.56. The molecular formula is C32H37N5O4. The molecule has 0 unspecified atom stereocenters. The van der Waals surface area contributed by atoms with E-state index in [2.05, 4.69) is 17.1 Å². The molecule has 2 aromatic heterocycles. The van der Waals surface area contributed by atoms with Crippen LogP contribution in [0.4, 0.5) is 0 Å². The minimum absolute atomic E-state index is 0.0561. The standard InChI is InChI=1S/C32H37N5O4/c1-3-4-12-28-33-22(2)25(17-18-29(38)36-19-8-5-9-20-36)31(39)37(28)21-23-13-15-24(16-14-23)26-10-6-7-11-27(26)30-34-32(40)41-35-30/h6-7,10-11,13-16H,3-5,8-9,12,17-21H2,1-2H3,(H,34,35,40). The molecule has 1 fully saturated rings. The molecule has 41 heavy (non-hydrogen) atoms. The molecular weight excluding hydrogens is 518 g/mol. The Hall–Kier alpha value is -4.27. The van der Waals surface area contributed by atoms with Gasteiger partial charge in [-0.3, -0.25) is 23.7 Å². The van der Waals surface area contributed by atoms with Gasteiger partial charge in [-0.1, -0.05) is 67.0 Å². The maximum absolute atomic E-state index is 13.8. The molecule has 9 nitrogen and oxygen atoms in total. The van der Waals surface area contributed by atoms with Crippen molar-refractivity contribution in [2.45, 2.75) is 71.8 Å². The molecule has 1 aliphatic heterocycles. The van der Waals surface area contributed by atoms with Crippen LogP contribution in [0.5, 0.6) is 0 Å². The zero-order chi connectivity index (χ0) is 28.8. The second-order valence-electron chi connectivity index (χ2n) is 10.7. The number of carbonyl (C=O) groups excluding carboxylic acids is 1. The maximum atomic E-state index is 13.8. The first-order valence-electron chi connectivity index (χ1n) is 14.6. The lowest BCUT2D eigenvalue weighted by Gasteiger charge is -2.26. The van der Waals surface area contributed by atoms with Crippen molar-refractivity contribution < 1.29 is 9.32 Å². The highest BCUT2D eigenvalue weighted by molar-refractivity contribution is 5.80. The summed E-state index contributed by atoms with van der Waals surface area (Å²) in [5.41, 5.74) is 4.88. The van der Waals surface area contributed by atoms with E-state index in [4.69, 9.17) is 9.51 Å². The Morgan fingerprint density at radius 3 is 2.39 bits per heavy atom. The van der Waals surface area contributed by atoms with Gasteiger partial charge >= 0.3 is 5.76 Å². The summed E-state index contributed by atoms with van der Waals surface area (Å²) in [6, 6.07) is 15.7. The molecule has 0 aliphatic carbocycles. The lowest BCUT2D eigenvalue weighted by atomic mass is 9.98. The van der Waals surface area contributed by atoms with E-state index in [0.29, 0.717) is 30.8 Å². The quantitative estimate of drug-likeness (QED) is 0.298. The molecule has 0 saturated carbocycles. The smallest absolute Gasteiger partial charge is 0.343 e. The van der Waals surface area contributed by atoms with Crippen molar-refractivity contribution in [3.05, 3.63) is 92.1 Å². The SMILES string of the molecule is CCCCc1nc(C)c(CCC(=O)N2CCCCC2)c(=O)n1Cc1ccc(-c2ccccc2-c2noc(=O)[nH]2)cc1. The molecule has 0 bridgehead atoms. The second-order valence-corrected chi connectivity index (χ2v) is 10.7. The Morgan fingerprint density at radius 1 is 0.976 bits per heavy atom. The van der Waals surface area contributed by atoms with Crippen LogP contribution in [0, 0.1) is 6.92 Å². The van der Waals surface area contributed by atoms with E-state index in [1.54, 1.807) is 4.57 Å². The molecule has 2 aromatic carbocycles. The summed E-state index contributed by atoms with van der Waals surface area (Å²) in [7, 11) is 0. The molecule has 4 aromatic rings. The number of nitrogens with one attached hydrogen (secondary N) is 1. The molecule has 9 heteroatoms. The normalized spacial score (nSPS) is 13.5. The highest BCUT2D eigenvalue weighted by Gasteiger charge is 2.20. The number of H-pyrrole nitrogens is 1. The van der Waals surface area contributed by atoms with Gasteiger partial charge in [0.05, 0.1) is 6.54 Å². The number of unbranched alkanes of at least 4 members (excludes halogenated alkanes) is 1. The predicted molar refractivity (Wildman–Crippen MR) is 158 cm³/mol. The van der Waals surface area contributed by atoms with E-state index in [1.165, 1.54) is 6.42 Å². The Bertz CT molecular complexity index is 1610. The highest BCUT2D eigenvalue weighted by Crippen LogP contribution is 2.30. The van der Waals surface area contributed by atoms with Crippen molar-refractivity contribution >= 4 is 5.91 Å². The third-order valence-corrected chi connectivity index (χ3v) is 7.83. The van der Waals surface area contributed by atoms with Crippen molar-refractivity contribution in [3.63, 3.8) is 0 Å². The van der Waals surface area contributed by atoms with Crippen LogP contribution in [0.15, 0.2) is 62.6 Å². The van der Waals surface area contributed by atoms with Crippen LogP contribution in [0.25, 0.3) is 22.5 Å². The van der Waals surface area contributed by atoms with E-state index >= 15 is 0 Å². The number of amides is 1. The van der Waals surface area contributed by atoms with E-state index in [1.807, 2.05) is 60.4 Å². The van der Waals surface area contributed by atoms with Gasteiger partial charge in [0, 0.05) is 42.8 Å². The van der Waals surface area contributed by atoms with E-state index in [9.17, 15) is 14.4 Å². The molecule has 1 saturated heterocycles. The Morgan fingerprint density at radius 2 is 1.71 bits per heavy atom. The predicted octanol–water partition coefficient (Wildman–Crippen LogP) is 4.90. The van der Waals surface area contributed by atoms with Crippen molar-refractivity contribution in [3.8, 4) is 22.5 Å². The fraction of sp³-hybridized carbons (Fsp3) is 0.406. The summed E-state index contributed by atoms with van der Waals surface area (Å²) >= 11 is 0. The third-order valence-electron chi connectivity index (χ3n) is 7.83. The maximum Gasteiger partial charge on any atom is 0.439 e. The lowest BCUT2D eigenvalue weighted by molar-refractivity contribution is -0.132. The van der Waals surface area contributed by atoms with Gasteiger partial charge in [-0.15, -0.1) is 0 Å². The lowest BCUT2D eigenvalue weighted by Crippen LogP contribution is -2.36. The van der Waals surface area contributed by atoms with Gasteiger partial charge < -0.3 is 4.90 Å². The van der Waals surface area contributed by atoms with Crippen LogP contribution in [-0.4, -0.2) is 43.6 Å². The summed E-state index contributed by atoms with van der Waals surface area (Å²) in [5.74, 6) is 0.677. The summed E-state index contributed by atoms with van der Waals surface area (Å²) in [4.78, 5) is 47.5. The number of aryl methyl sites for hydroxylation is 2. The Balaban J connectivity index is 1.40. The average molecular weight is 556 g/mol. The van der Waals surface area contributed by atoms with Gasteiger partial charge in [-0.05, 0) is 55.7 Å². The molecule has 1 amide bonds. The topological polar surface area (TPSA) is 114 Å². The van der Waals surface area contributed by atoms with Crippen LogP contribution in [0.1, 0.15) is 68.1 Å². The molecule has 1 aliphatic rings. The van der Waals surface area contributed by atoms with Crippen LogP contribution in [-0.2, 0) is 24.2 Å². The minimum atomic E-state index is -0.601. The zero-order valence-corrected chi connectivity index (χ0v) is 23.8. The highest BCUT2D eigenvalue weighted by atomic mass is 16.5. The number of aromatic amines is 1. The van der Waals surface area contributed by atoms with Crippen LogP contribution < -0.4 is 11.3 Å². The summed E-state index contributed by atoms with van der Waals surface area (Å²) in [5, 5.41) is 3.85. The fourth-order valence-electron chi connectivity index (χ4n) is 5.53. The molecule has 214 valence electrons. The van der Waals surface area contributed by atoms with Crippen LogP contribution >= 0.6 is 0 Å². The second kappa shape index (κ2) is 12.9. The molecule has 1 N–H and O–H groups in total. The number of aromatic nitrogens is 4. The first kappa shape index (κ1) is 28.3. The number of likely N-dealkylation sites (tertiary alicyclic amines) is 1. The zero-order valence-electron chi connectivity index (χ0n) is 23.8. The Labute approximate surface area is 239 Å². The molecule has 3 heterocycles. The number of carbonyl (C=O) groups is 1. The number of hydrogen-bond acceptors (Lipinski definition) is 6. The van der Waals surface area contributed by atoms with Gasteiger partial charge in [0.15, 0.2) is 5.82 Å². The van der Waals surface area contributed by atoms with Gasteiger partial charge in [0.2, 0.25) is 5.91 Å². The summed E-state index contributed by atoms with van der Waals surface area (Å²) in [6.45, 7) is 6.04. The van der Waals surface area contributed by atoms with Crippen LogP contribution in [0.2, 0.25) is 0 Å². The van der Waals surface area contributed by atoms with Gasteiger partial charge in [-0.25, -0.2) is 9.78 Å². The molecule has 0 atom stereocenters. The van der Waals surface area contributed by atoms with Crippen molar-refractivity contribution in [1.29, 1.82) is 0 Å². The molecule has 0 radical (unpaired) electrons. The number of hydrogen-bond donors (Lipinski definition) is 1. The number of rotatable bonds is 10. The van der Waals surface area contributed by atoms with E-state index in [0.717, 1.165) is 79.0 Å². The van der Waals surface area contributed by atoms with E-state index < -0.39 is 5.76 Å². The number of piperidine rings is 1. The van der Waals surface area contributed by atoms with Crippen molar-refractivity contribution in [2.75, 3.05) is 13.1 Å². The number of benzene rings is 2. The first-order valence-corrected chi connectivity index (χ1v) is 14.6. The van der Waals surface area contributed by atoms with Crippen molar-refractivity contribution in [2.24, 2.45) is 0 Å². The van der Waals surface area contributed by atoms with Crippen molar-refractivity contribution in [1.82, 2.24) is 24.6 Å². The van der Waals surface area contributed by atoms with Crippen LogP contribution in [0.3, 0.4) is 0 Å². The molecule has 5 rings (SSSR count). The Kier molecular flexibility index (Phi) is 8.91. The van der Waals surface area contributed by atoms with Gasteiger partial charge in [0.1, 0.15) is 5.82 Å². The van der Waals surface area contributed by atoms with E-state index in [-0.39, 0.29) is 11.5 Å². The number of nitrogens with zero attached hydrogens (tertiary/aromatic N) is 4. The monoisotopic (exact) mass is 555 g/mol.